The second-order valence-electron chi connectivity index (χ2n) is 3.18. The van der Waals surface area contributed by atoms with E-state index < -0.39 is 0 Å². The van der Waals surface area contributed by atoms with E-state index >= 15 is 0 Å². The Labute approximate surface area is 89.1 Å². The second kappa shape index (κ2) is 7.14. The molecule has 0 bridgehead atoms. The molecule has 1 aromatic heterocycles. The van der Waals surface area contributed by atoms with E-state index in [9.17, 15) is 4.79 Å². The summed E-state index contributed by atoms with van der Waals surface area (Å²) in [5, 5.41) is 7.17. The van der Waals surface area contributed by atoms with Crippen molar-refractivity contribution in [3.8, 4) is 0 Å². The molecule has 0 amide bonds. The molecule has 0 spiro atoms. The van der Waals surface area contributed by atoms with E-state index in [0.717, 1.165) is 19.5 Å². The van der Waals surface area contributed by atoms with E-state index in [1.807, 2.05) is 0 Å². The van der Waals surface area contributed by atoms with Crippen LogP contribution < -0.4 is 10.9 Å². The van der Waals surface area contributed by atoms with E-state index in [1.165, 1.54) is 10.7 Å². The Morgan fingerprint density at radius 2 is 2.40 bits per heavy atom. The standard InChI is InChI=1S/C10H17N3O2/c1-15-9-7-11-5-3-8-13-10(14)4-2-6-12-13/h2,4,6,11H,3,5,7-9H2,1H3. The van der Waals surface area contributed by atoms with Crippen molar-refractivity contribution in [1.29, 1.82) is 0 Å². The van der Waals surface area contributed by atoms with Crippen molar-refractivity contribution in [1.82, 2.24) is 15.1 Å². The zero-order chi connectivity index (χ0) is 10.9. The van der Waals surface area contributed by atoms with Gasteiger partial charge in [-0.15, -0.1) is 0 Å². The summed E-state index contributed by atoms with van der Waals surface area (Å²) in [6.45, 7) is 3.07. The minimum Gasteiger partial charge on any atom is -0.383 e. The highest BCUT2D eigenvalue weighted by molar-refractivity contribution is 4.84. The molecule has 1 aromatic rings. The lowest BCUT2D eigenvalue weighted by Gasteiger charge is -2.04. The van der Waals surface area contributed by atoms with Crippen LogP contribution in [-0.4, -0.2) is 36.6 Å². The molecule has 0 fully saturated rings. The summed E-state index contributed by atoms with van der Waals surface area (Å²) in [5.41, 5.74) is -0.0469. The molecule has 0 radical (unpaired) electrons. The number of aryl methyl sites for hydroxylation is 1. The Bertz CT molecular complexity index is 324. The van der Waals surface area contributed by atoms with Crippen molar-refractivity contribution in [3.05, 3.63) is 28.7 Å². The van der Waals surface area contributed by atoms with Crippen LogP contribution in [0.3, 0.4) is 0 Å². The third-order valence-electron chi connectivity index (χ3n) is 1.99. The van der Waals surface area contributed by atoms with E-state index in [4.69, 9.17) is 4.74 Å². The van der Waals surface area contributed by atoms with Gasteiger partial charge in [-0.2, -0.15) is 5.10 Å². The van der Waals surface area contributed by atoms with Gasteiger partial charge in [0.05, 0.1) is 6.61 Å². The maximum atomic E-state index is 11.2. The number of nitrogens with one attached hydrogen (secondary N) is 1. The molecule has 0 saturated heterocycles. The predicted molar refractivity (Wildman–Crippen MR) is 57.9 cm³/mol. The van der Waals surface area contributed by atoms with Crippen molar-refractivity contribution in [2.75, 3.05) is 26.8 Å². The first kappa shape index (κ1) is 11.9. The largest absolute Gasteiger partial charge is 0.383 e. The minimum atomic E-state index is -0.0469. The molecule has 0 aliphatic carbocycles. The van der Waals surface area contributed by atoms with Gasteiger partial charge in [0.2, 0.25) is 0 Å². The van der Waals surface area contributed by atoms with E-state index in [-0.39, 0.29) is 5.56 Å². The minimum absolute atomic E-state index is 0.0469. The second-order valence-corrected chi connectivity index (χ2v) is 3.18. The number of rotatable bonds is 7. The third kappa shape index (κ3) is 4.71. The fraction of sp³-hybridized carbons (Fsp3) is 0.600. The molecule has 0 atom stereocenters. The summed E-state index contributed by atoms with van der Waals surface area (Å²) in [5.74, 6) is 0. The van der Waals surface area contributed by atoms with Crippen LogP contribution in [0.4, 0.5) is 0 Å². The number of methoxy groups -OCH3 is 1. The molecule has 1 rings (SSSR count). The molecule has 84 valence electrons. The molecule has 0 unspecified atom stereocenters. The van der Waals surface area contributed by atoms with Gasteiger partial charge < -0.3 is 10.1 Å². The summed E-state index contributed by atoms with van der Waals surface area (Å²) in [6, 6.07) is 3.17. The number of hydrogen-bond donors (Lipinski definition) is 1. The molecule has 0 aliphatic rings. The monoisotopic (exact) mass is 211 g/mol. The molecule has 0 aliphatic heterocycles. The van der Waals surface area contributed by atoms with Crippen molar-refractivity contribution < 1.29 is 4.74 Å². The maximum absolute atomic E-state index is 11.2. The highest BCUT2D eigenvalue weighted by Crippen LogP contribution is 1.82. The van der Waals surface area contributed by atoms with E-state index in [2.05, 4.69) is 10.4 Å². The first-order chi connectivity index (χ1) is 7.34. The van der Waals surface area contributed by atoms with Crippen molar-refractivity contribution in [2.24, 2.45) is 0 Å². The van der Waals surface area contributed by atoms with E-state index in [0.29, 0.717) is 13.2 Å². The number of hydrogen-bond acceptors (Lipinski definition) is 4. The van der Waals surface area contributed by atoms with Gasteiger partial charge in [-0.3, -0.25) is 4.79 Å². The average Bonchev–Trinajstić information content (AvgIpc) is 2.25. The average molecular weight is 211 g/mol. The van der Waals surface area contributed by atoms with Gasteiger partial charge in [0.1, 0.15) is 0 Å². The summed E-state index contributed by atoms with van der Waals surface area (Å²) in [7, 11) is 1.68. The van der Waals surface area contributed by atoms with Crippen LogP contribution in [-0.2, 0) is 11.3 Å². The van der Waals surface area contributed by atoms with Gasteiger partial charge in [-0.25, -0.2) is 4.68 Å². The Kier molecular flexibility index (Phi) is 5.65. The maximum Gasteiger partial charge on any atom is 0.266 e. The van der Waals surface area contributed by atoms with Crippen molar-refractivity contribution >= 4 is 0 Å². The normalized spacial score (nSPS) is 10.5. The van der Waals surface area contributed by atoms with Gasteiger partial charge in [-0.1, -0.05) is 0 Å². The van der Waals surface area contributed by atoms with Crippen LogP contribution in [0.25, 0.3) is 0 Å². The summed E-state index contributed by atoms with van der Waals surface area (Å²) >= 11 is 0. The van der Waals surface area contributed by atoms with Crippen molar-refractivity contribution in [2.45, 2.75) is 13.0 Å². The predicted octanol–water partition coefficient (Wildman–Crippen LogP) is -0.131. The van der Waals surface area contributed by atoms with Gasteiger partial charge in [0.15, 0.2) is 0 Å². The van der Waals surface area contributed by atoms with Crippen LogP contribution in [0.5, 0.6) is 0 Å². The van der Waals surface area contributed by atoms with Gasteiger partial charge in [-0.05, 0) is 19.0 Å². The quantitative estimate of drug-likeness (QED) is 0.638. The fourth-order valence-corrected chi connectivity index (χ4v) is 1.21. The first-order valence-corrected chi connectivity index (χ1v) is 5.06. The van der Waals surface area contributed by atoms with E-state index in [1.54, 1.807) is 19.4 Å². The Morgan fingerprint density at radius 1 is 1.53 bits per heavy atom. The molecule has 5 heteroatoms. The van der Waals surface area contributed by atoms with Crippen LogP contribution in [0.1, 0.15) is 6.42 Å². The Morgan fingerprint density at radius 3 is 3.13 bits per heavy atom. The highest BCUT2D eigenvalue weighted by atomic mass is 16.5. The van der Waals surface area contributed by atoms with Gasteiger partial charge >= 0.3 is 0 Å². The van der Waals surface area contributed by atoms with Crippen LogP contribution in [0.15, 0.2) is 23.1 Å². The summed E-state index contributed by atoms with van der Waals surface area (Å²) in [6.07, 6.45) is 2.51. The molecular weight excluding hydrogens is 194 g/mol. The summed E-state index contributed by atoms with van der Waals surface area (Å²) < 4.78 is 6.37. The molecule has 15 heavy (non-hydrogen) atoms. The zero-order valence-electron chi connectivity index (χ0n) is 8.98. The molecule has 1 heterocycles. The molecule has 1 N–H and O–H groups in total. The first-order valence-electron chi connectivity index (χ1n) is 5.06. The third-order valence-corrected chi connectivity index (χ3v) is 1.99. The smallest absolute Gasteiger partial charge is 0.266 e. The fourth-order valence-electron chi connectivity index (χ4n) is 1.21. The molecular formula is C10H17N3O2. The van der Waals surface area contributed by atoms with Crippen molar-refractivity contribution in [3.63, 3.8) is 0 Å². The number of ether oxygens (including phenoxy) is 1. The SMILES string of the molecule is COCCNCCCn1ncccc1=O. The lowest BCUT2D eigenvalue weighted by atomic mass is 10.4. The van der Waals surface area contributed by atoms with Crippen LogP contribution in [0, 0.1) is 0 Å². The van der Waals surface area contributed by atoms with Crippen LogP contribution >= 0.6 is 0 Å². The summed E-state index contributed by atoms with van der Waals surface area (Å²) in [4.78, 5) is 11.2. The molecule has 0 saturated carbocycles. The van der Waals surface area contributed by atoms with Gasteiger partial charge in [0, 0.05) is 32.5 Å². The number of aromatic nitrogens is 2. The topological polar surface area (TPSA) is 56.1 Å². The lowest BCUT2D eigenvalue weighted by molar-refractivity contribution is 0.199. The van der Waals surface area contributed by atoms with Crippen LogP contribution in [0.2, 0.25) is 0 Å². The number of nitrogens with zero attached hydrogens (tertiary/aromatic N) is 2. The molecule has 0 aromatic carbocycles. The zero-order valence-corrected chi connectivity index (χ0v) is 8.98. The Hall–Kier alpha value is -1.20. The lowest BCUT2D eigenvalue weighted by Crippen LogP contribution is -2.25. The van der Waals surface area contributed by atoms with Gasteiger partial charge in [0.25, 0.3) is 5.56 Å². The Balaban J connectivity index is 2.15. The highest BCUT2D eigenvalue weighted by Gasteiger charge is 1.94. The molecule has 5 nitrogen and oxygen atoms in total.